The molecule has 21 heavy (non-hydrogen) atoms. The Hall–Kier alpha value is -0.444. The molecule has 1 aliphatic rings. The van der Waals surface area contributed by atoms with Crippen LogP contribution in [0.1, 0.15) is 43.6 Å². The van der Waals surface area contributed by atoms with Gasteiger partial charge in [0.15, 0.2) is 0 Å². The molecule has 6 nitrogen and oxygen atoms in total. The maximum atomic E-state index is 12.4. The molecule has 2 rings (SSSR count). The zero-order chi connectivity index (χ0) is 15.3. The molecule has 0 unspecified atom stereocenters. The fraction of sp³-hybridized carbons (Fsp3) is 0.429. The van der Waals surface area contributed by atoms with E-state index in [1.807, 2.05) is 0 Å². The molecule has 0 fully saturated rings. The number of nitrogens with zero attached hydrogens (tertiary/aromatic N) is 2. The Morgan fingerprint density at radius 2 is 1.62 bits per heavy atom. The van der Waals surface area contributed by atoms with Gasteiger partial charge in [0.1, 0.15) is 11.1 Å². The number of rotatable bonds is 2. The summed E-state index contributed by atoms with van der Waals surface area (Å²) in [6.45, 7) is 6.81. The van der Waals surface area contributed by atoms with Crippen LogP contribution >= 0.6 is 0 Å². The molecule has 0 bridgehead atoms. The van der Waals surface area contributed by atoms with E-state index < -0.39 is 17.0 Å². The number of carboxylic acids is 1. The SMILES string of the molecule is CC1(C)N([O-])C(c2ccc(C(=O)[O-])cc2)=[N+]([O-])C1(C)C.[K+]. The summed E-state index contributed by atoms with van der Waals surface area (Å²) in [5.41, 5.74) is -1.40. The molecule has 0 amide bonds. The van der Waals surface area contributed by atoms with Crippen LogP contribution in [0.15, 0.2) is 24.3 Å². The van der Waals surface area contributed by atoms with E-state index in [0.717, 1.165) is 0 Å². The first-order chi connectivity index (χ1) is 9.10. The van der Waals surface area contributed by atoms with Gasteiger partial charge < -0.3 is 20.3 Å². The van der Waals surface area contributed by atoms with Crippen molar-refractivity contribution in [3.63, 3.8) is 0 Å². The molecular formula is C14H16KN2O4-. The summed E-state index contributed by atoms with van der Waals surface area (Å²) < 4.78 is 0.689. The molecule has 0 atom stereocenters. The maximum Gasteiger partial charge on any atom is 1.00 e. The average Bonchev–Trinajstić information content (AvgIpc) is 2.49. The Kier molecular flexibility index (Phi) is 5.30. The van der Waals surface area contributed by atoms with E-state index in [0.29, 0.717) is 15.4 Å². The molecule has 0 saturated heterocycles. The molecule has 0 N–H and O–H groups in total. The zero-order valence-corrected chi connectivity index (χ0v) is 16.0. The molecular weight excluding hydrogens is 299 g/mol. The first-order valence-electron chi connectivity index (χ1n) is 6.24. The minimum atomic E-state index is -1.30. The van der Waals surface area contributed by atoms with Gasteiger partial charge in [-0.25, -0.2) is 0 Å². The smallest absolute Gasteiger partial charge is 0.715 e. The Morgan fingerprint density at radius 1 is 1.14 bits per heavy atom. The van der Waals surface area contributed by atoms with Crippen LogP contribution in [0.2, 0.25) is 0 Å². The normalized spacial score (nSPS) is 19.4. The van der Waals surface area contributed by atoms with Crippen molar-refractivity contribution < 1.29 is 66.0 Å². The van der Waals surface area contributed by atoms with Crippen molar-refractivity contribution in [2.75, 3.05) is 0 Å². The van der Waals surface area contributed by atoms with Crippen molar-refractivity contribution in [1.82, 2.24) is 5.06 Å². The van der Waals surface area contributed by atoms with Crippen molar-refractivity contribution >= 4 is 11.8 Å². The molecule has 1 aromatic carbocycles. The van der Waals surface area contributed by atoms with Gasteiger partial charge in [0, 0.05) is 0 Å². The second kappa shape index (κ2) is 5.98. The van der Waals surface area contributed by atoms with Crippen LogP contribution < -0.4 is 56.5 Å². The van der Waals surface area contributed by atoms with Crippen LogP contribution in [0, 0.1) is 10.4 Å². The number of aromatic carboxylic acids is 1. The minimum Gasteiger partial charge on any atom is -0.715 e. The molecule has 0 radical (unpaired) electrons. The topological polar surface area (TPSA) is 92.5 Å². The molecule has 0 aliphatic carbocycles. The standard InChI is InChI=1S/C14H17N2O4.K/c1-13(2)14(3,4)16(20)11(15(13)19)9-5-7-10(8-6-9)12(17)18;/h5-8H,1-4H3,(H,17,18);/q-1;+1/p-1. The van der Waals surface area contributed by atoms with Crippen molar-refractivity contribution in [1.29, 1.82) is 0 Å². The van der Waals surface area contributed by atoms with E-state index in [-0.39, 0.29) is 62.8 Å². The molecule has 108 valence electrons. The van der Waals surface area contributed by atoms with Gasteiger partial charge in [0.2, 0.25) is 0 Å². The van der Waals surface area contributed by atoms with E-state index in [1.165, 1.54) is 24.3 Å². The summed E-state index contributed by atoms with van der Waals surface area (Å²) in [5, 5.41) is 36.2. The monoisotopic (exact) mass is 315 g/mol. The molecule has 0 spiro atoms. The number of hydroxylamine groups is 3. The number of carbonyl (C=O) groups is 1. The molecule has 0 aromatic heterocycles. The third kappa shape index (κ3) is 2.78. The van der Waals surface area contributed by atoms with E-state index in [1.54, 1.807) is 27.7 Å². The Morgan fingerprint density at radius 3 is 1.95 bits per heavy atom. The fourth-order valence-corrected chi connectivity index (χ4v) is 2.10. The Balaban J connectivity index is 0.00000220. The number of amidine groups is 1. The third-order valence-corrected chi connectivity index (χ3v) is 4.28. The summed E-state index contributed by atoms with van der Waals surface area (Å²) in [6.07, 6.45) is 0. The van der Waals surface area contributed by atoms with E-state index in [2.05, 4.69) is 0 Å². The van der Waals surface area contributed by atoms with Crippen LogP contribution in [0.3, 0.4) is 0 Å². The number of carboxylic acid groups (broad SMARTS) is 1. The largest absolute Gasteiger partial charge is 1.00 e. The number of benzene rings is 1. The van der Waals surface area contributed by atoms with Crippen LogP contribution in [0.4, 0.5) is 0 Å². The van der Waals surface area contributed by atoms with Gasteiger partial charge in [0.25, 0.3) is 5.84 Å². The molecule has 0 saturated carbocycles. The van der Waals surface area contributed by atoms with Crippen LogP contribution in [-0.4, -0.2) is 32.7 Å². The predicted molar refractivity (Wildman–Crippen MR) is 71.9 cm³/mol. The predicted octanol–water partition coefficient (Wildman–Crippen LogP) is -2.32. The number of carbonyl (C=O) groups excluding carboxylic acids is 1. The van der Waals surface area contributed by atoms with Gasteiger partial charge in [-0.2, -0.15) is 0 Å². The number of hydrogen-bond donors (Lipinski definition) is 0. The van der Waals surface area contributed by atoms with Gasteiger partial charge in [-0.1, -0.05) is 12.1 Å². The molecule has 7 heteroatoms. The first kappa shape index (κ1) is 18.6. The average molecular weight is 315 g/mol. The van der Waals surface area contributed by atoms with Crippen molar-refractivity contribution in [3.8, 4) is 0 Å². The Bertz CT molecular complexity index is 593. The van der Waals surface area contributed by atoms with Crippen molar-refractivity contribution in [2.45, 2.75) is 38.8 Å². The van der Waals surface area contributed by atoms with Gasteiger partial charge in [-0.15, -0.1) is 0 Å². The van der Waals surface area contributed by atoms with E-state index >= 15 is 0 Å². The zero-order valence-electron chi connectivity index (χ0n) is 12.8. The van der Waals surface area contributed by atoms with Gasteiger partial charge in [-0.3, -0.25) is 9.80 Å². The second-order valence-electron chi connectivity index (χ2n) is 5.90. The van der Waals surface area contributed by atoms with E-state index in [9.17, 15) is 20.3 Å². The molecule has 1 heterocycles. The molecule has 1 aromatic rings. The van der Waals surface area contributed by atoms with Crippen LogP contribution in [-0.2, 0) is 0 Å². The summed E-state index contributed by atoms with van der Waals surface area (Å²) in [5.74, 6) is -1.31. The summed E-state index contributed by atoms with van der Waals surface area (Å²) in [4.78, 5) is 10.7. The van der Waals surface area contributed by atoms with E-state index in [4.69, 9.17) is 0 Å². The summed E-state index contributed by atoms with van der Waals surface area (Å²) >= 11 is 0. The van der Waals surface area contributed by atoms with Gasteiger partial charge in [-0.05, 0) is 45.4 Å². The fourth-order valence-electron chi connectivity index (χ4n) is 2.10. The van der Waals surface area contributed by atoms with Gasteiger partial charge in [0.05, 0.1) is 11.5 Å². The van der Waals surface area contributed by atoms with Crippen molar-refractivity contribution in [3.05, 3.63) is 45.8 Å². The van der Waals surface area contributed by atoms with Crippen molar-refractivity contribution in [2.24, 2.45) is 0 Å². The quantitative estimate of drug-likeness (QED) is 0.347. The minimum absolute atomic E-state index is 0. The maximum absolute atomic E-state index is 12.4. The Labute approximate surface area is 166 Å². The summed E-state index contributed by atoms with van der Waals surface area (Å²) in [6, 6.07) is 5.51. The first-order valence-corrected chi connectivity index (χ1v) is 6.24. The van der Waals surface area contributed by atoms with Crippen LogP contribution in [0.25, 0.3) is 0 Å². The summed E-state index contributed by atoms with van der Waals surface area (Å²) in [7, 11) is 0. The molecule has 1 aliphatic heterocycles. The third-order valence-electron chi connectivity index (χ3n) is 4.28. The van der Waals surface area contributed by atoms with Crippen LogP contribution in [0.5, 0.6) is 0 Å². The second-order valence-corrected chi connectivity index (χ2v) is 5.90. The number of hydrogen-bond acceptors (Lipinski definition) is 5. The van der Waals surface area contributed by atoms with Gasteiger partial charge >= 0.3 is 51.4 Å².